The maximum atomic E-state index is 15.7. The Morgan fingerprint density at radius 1 is 1.23 bits per heavy atom. The molecule has 0 radical (unpaired) electrons. The lowest BCUT2D eigenvalue weighted by Crippen LogP contribution is -2.28. The Kier molecular flexibility index (Phi) is 6.50. The molecule has 0 aliphatic heterocycles. The van der Waals surface area contributed by atoms with Gasteiger partial charge in [-0.05, 0) is 65.5 Å². The minimum absolute atomic E-state index is 0.0348. The van der Waals surface area contributed by atoms with Gasteiger partial charge < -0.3 is 9.30 Å². The molecule has 8 heteroatoms. The summed E-state index contributed by atoms with van der Waals surface area (Å²) in [6.45, 7) is 9.34. The highest BCUT2D eigenvalue weighted by atomic mass is 19.1. The molecular formula is C23H28F2N2O4. The van der Waals surface area contributed by atoms with Gasteiger partial charge >= 0.3 is 5.97 Å². The van der Waals surface area contributed by atoms with Crippen LogP contribution in [-0.4, -0.2) is 22.7 Å². The number of esters is 1. The predicted molar refractivity (Wildman–Crippen MR) is 114 cm³/mol. The SMILES string of the molecule is CCOC(=O)c1cn(CC)c2c(F)c(C3=C(NOC(C)(C)C)CCC3)c(F)cc2c1=O. The van der Waals surface area contributed by atoms with Gasteiger partial charge in [-0.1, -0.05) is 0 Å². The molecule has 1 aromatic heterocycles. The summed E-state index contributed by atoms with van der Waals surface area (Å²) >= 11 is 0. The second-order valence-corrected chi connectivity index (χ2v) is 8.45. The van der Waals surface area contributed by atoms with Crippen molar-refractivity contribution in [1.29, 1.82) is 0 Å². The van der Waals surface area contributed by atoms with E-state index in [-0.39, 0.29) is 35.2 Å². The fourth-order valence-electron chi connectivity index (χ4n) is 3.71. The Morgan fingerprint density at radius 3 is 2.55 bits per heavy atom. The van der Waals surface area contributed by atoms with Gasteiger partial charge in [0.25, 0.3) is 0 Å². The van der Waals surface area contributed by atoms with E-state index >= 15 is 8.78 Å². The molecule has 1 aliphatic rings. The van der Waals surface area contributed by atoms with Gasteiger partial charge in [0.2, 0.25) is 5.43 Å². The lowest BCUT2D eigenvalue weighted by Gasteiger charge is -2.22. The van der Waals surface area contributed by atoms with Gasteiger partial charge in [0.1, 0.15) is 11.4 Å². The first kappa shape index (κ1) is 22.9. The molecule has 168 valence electrons. The average Bonchev–Trinajstić information content (AvgIpc) is 3.15. The van der Waals surface area contributed by atoms with Crippen molar-refractivity contribution in [3.05, 3.63) is 50.9 Å². The summed E-state index contributed by atoms with van der Waals surface area (Å²) in [4.78, 5) is 30.6. The first-order chi connectivity index (χ1) is 14.6. The van der Waals surface area contributed by atoms with Crippen molar-refractivity contribution in [2.24, 2.45) is 0 Å². The molecule has 0 bridgehead atoms. The number of hydrogen-bond donors (Lipinski definition) is 1. The molecule has 0 saturated carbocycles. The van der Waals surface area contributed by atoms with Crippen LogP contribution in [0.3, 0.4) is 0 Å². The van der Waals surface area contributed by atoms with Crippen molar-refractivity contribution < 1.29 is 23.1 Å². The number of nitrogens with zero attached hydrogens (tertiary/aromatic N) is 1. The quantitative estimate of drug-likeness (QED) is 0.528. The average molecular weight is 434 g/mol. The number of carbonyl (C=O) groups is 1. The largest absolute Gasteiger partial charge is 0.462 e. The van der Waals surface area contributed by atoms with Gasteiger partial charge in [-0.3, -0.25) is 15.1 Å². The Bertz CT molecular complexity index is 1110. The third-order valence-corrected chi connectivity index (χ3v) is 5.09. The molecule has 0 fully saturated rings. The van der Waals surface area contributed by atoms with Gasteiger partial charge in [-0.25, -0.2) is 13.6 Å². The molecular weight excluding hydrogens is 406 g/mol. The lowest BCUT2D eigenvalue weighted by molar-refractivity contribution is -0.0583. The van der Waals surface area contributed by atoms with Crippen molar-refractivity contribution in [2.45, 2.75) is 66.0 Å². The fourth-order valence-corrected chi connectivity index (χ4v) is 3.71. The Morgan fingerprint density at radius 2 is 1.94 bits per heavy atom. The monoisotopic (exact) mass is 434 g/mol. The van der Waals surface area contributed by atoms with Crippen molar-refractivity contribution in [1.82, 2.24) is 10.0 Å². The molecule has 1 aliphatic carbocycles. The number of ether oxygens (including phenoxy) is 1. The zero-order valence-electron chi connectivity index (χ0n) is 18.5. The number of carbonyl (C=O) groups excluding carboxylic acids is 1. The summed E-state index contributed by atoms with van der Waals surface area (Å²) in [5, 5.41) is -0.190. The standard InChI is InChI=1S/C23H28F2N2O4/c1-6-27-12-15(22(29)30-7-2)21(28)14-11-16(24)18(19(25)20(14)27)13-9-8-10-17(13)26-31-23(3,4)5/h11-12,26H,6-10H2,1-5H3. The molecule has 0 amide bonds. The first-order valence-electron chi connectivity index (χ1n) is 10.5. The van der Waals surface area contributed by atoms with Crippen molar-refractivity contribution >= 4 is 22.4 Å². The van der Waals surface area contributed by atoms with Crippen LogP contribution in [0.4, 0.5) is 8.78 Å². The lowest BCUT2D eigenvalue weighted by atomic mass is 9.99. The Balaban J connectivity index is 2.23. The van der Waals surface area contributed by atoms with Crippen LogP contribution in [0, 0.1) is 11.6 Å². The van der Waals surface area contributed by atoms with Crippen molar-refractivity contribution in [3.8, 4) is 0 Å². The number of nitrogens with one attached hydrogen (secondary N) is 1. The van der Waals surface area contributed by atoms with Gasteiger partial charge in [0, 0.05) is 18.4 Å². The molecule has 3 rings (SSSR count). The number of aromatic nitrogens is 1. The Hall–Kier alpha value is -2.74. The predicted octanol–water partition coefficient (Wildman–Crippen LogP) is 4.69. The van der Waals surface area contributed by atoms with Crippen LogP contribution >= 0.6 is 0 Å². The molecule has 0 spiro atoms. The van der Waals surface area contributed by atoms with E-state index in [1.807, 2.05) is 20.8 Å². The van der Waals surface area contributed by atoms with Gasteiger partial charge in [0.15, 0.2) is 5.82 Å². The second kappa shape index (κ2) is 8.78. The van der Waals surface area contributed by atoms with E-state index in [0.29, 0.717) is 24.1 Å². The second-order valence-electron chi connectivity index (χ2n) is 8.45. The molecule has 0 saturated heterocycles. The van der Waals surface area contributed by atoms with Gasteiger partial charge in [-0.15, -0.1) is 0 Å². The summed E-state index contributed by atoms with van der Waals surface area (Å²) in [6, 6.07) is 1.01. The van der Waals surface area contributed by atoms with E-state index in [1.54, 1.807) is 13.8 Å². The maximum absolute atomic E-state index is 15.7. The summed E-state index contributed by atoms with van der Waals surface area (Å²) < 4.78 is 37.3. The smallest absolute Gasteiger partial charge is 0.343 e. The van der Waals surface area contributed by atoms with Crippen LogP contribution < -0.4 is 10.9 Å². The van der Waals surface area contributed by atoms with E-state index in [2.05, 4.69) is 5.48 Å². The number of allylic oxidation sites excluding steroid dienone is 2. The van der Waals surface area contributed by atoms with Gasteiger partial charge in [0.05, 0.1) is 28.7 Å². The number of hydrogen-bond acceptors (Lipinski definition) is 5. The normalized spacial score (nSPS) is 14.4. The fraction of sp³-hybridized carbons (Fsp3) is 0.478. The minimum atomic E-state index is -0.849. The van der Waals surface area contributed by atoms with Gasteiger partial charge in [-0.2, -0.15) is 0 Å². The maximum Gasteiger partial charge on any atom is 0.343 e. The van der Waals surface area contributed by atoms with Crippen molar-refractivity contribution in [2.75, 3.05) is 6.61 Å². The molecule has 6 nitrogen and oxygen atoms in total. The number of benzene rings is 1. The number of hydroxylamine groups is 1. The number of rotatable bonds is 6. The van der Waals surface area contributed by atoms with Crippen LogP contribution in [0.2, 0.25) is 0 Å². The topological polar surface area (TPSA) is 69.6 Å². The summed E-state index contributed by atoms with van der Waals surface area (Å²) in [5.74, 6) is -2.49. The number of halogens is 2. The summed E-state index contributed by atoms with van der Waals surface area (Å²) in [7, 11) is 0. The van der Waals surface area contributed by atoms with Crippen LogP contribution in [0.15, 0.2) is 22.8 Å². The third kappa shape index (κ3) is 4.49. The number of fused-ring (bicyclic) bond motifs is 1. The highest BCUT2D eigenvalue weighted by Crippen LogP contribution is 2.37. The summed E-state index contributed by atoms with van der Waals surface area (Å²) in [5.41, 5.74) is 2.30. The minimum Gasteiger partial charge on any atom is -0.462 e. The van der Waals surface area contributed by atoms with E-state index in [4.69, 9.17) is 9.57 Å². The van der Waals surface area contributed by atoms with E-state index < -0.39 is 28.6 Å². The zero-order chi connectivity index (χ0) is 22.9. The Labute approximate surface area is 179 Å². The van der Waals surface area contributed by atoms with Crippen molar-refractivity contribution in [3.63, 3.8) is 0 Å². The molecule has 0 atom stereocenters. The van der Waals surface area contributed by atoms with Crippen LogP contribution in [0.1, 0.15) is 69.8 Å². The summed E-state index contributed by atoms with van der Waals surface area (Å²) in [6.07, 6.45) is 3.08. The molecule has 1 aromatic carbocycles. The molecule has 31 heavy (non-hydrogen) atoms. The van der Waals surface area contributed by atoms with Crippen LogP contribution in [-0.2, 0) is 16.1 Å². The highest BCUT2D eigenvalue weighted by Gasteiger charge is 2.28. The van der Waals surface area contributed by atoms with Crippen LogP contribution in [0.5, 0.6) is 0 Å². The van der Waals surface area contributed by atoms with E-state index in [0.717, 1.165) is 12.5 Å². The van der Waals surface area contributed by atoms with E-state index in [9.17, 15) is 9.59 Å². The highest BCUT2D eigenvalue weighted by molar-refractivity contribution is 5.95. The first-order valence-corrected chi connectivity index (χ1v) is 10.5. The van der Waals surface area contributed by atoms with E-state index in [1.165, 1.54) is 10.8 Å². The molecule has 2 aromatic rings. The zero-order valence-corrected chi connectivity index (χ0v) is 18.5. The number of pyridine rings is 1. The molecule has 0 unspecified atom stereocenters. The number of aryl methyl sites for hydroxylation is 1. The third-order valence-electron chi connectivity index (χ3n) is 5.09. The molecule has 1 N–H and O–H groups in total. The molecule has 1 heterocycles. The van der Waals surface area contributed by atoms with Crippen LogP contribution in [0.25, 0.3) is 16.5 Å².